The average Bonchev–Trinajstić information content (AvgIpc) is 3.72. The summed E-state index contributed by atoms with van der Waals surface area (Å²) in [5.41, 5.74) is 15.1. The number of benzene rings is 7. The molecule has 0 saturated carbocycles. The van der Waals surface area contributed by atoms with Crippen LogP contribution in [0.15, 0.2) is 158 Å². The van der Waals surface area contributed by atoms with E-state index < -0.39 is 0 Å². The first-order valence-corrected chi connectivity index (χ1v) is 19.1. The zero-order valence-electron chi connectivity index (χ0n) is 30.1. The van der Waals surface area contributed by atoms with Crippen LogP contribution < -0.4 is 0 Å². The molecule has 2 aromatic heterocycles. The molecule has 9 aromatic rings. The van der Waals surface area contributed by atoms with Crippen molar-refractivity contribution in [2.24, 2.45) is 0 Å². The topological polar surface area (TPSA) is 9.86 Å². The third kappa shape index (κ3) is 5.51. The Morgan fingerprint density at radius 1 is 0.423 bits per heavy atom. The van der Waals surface area contributed by atoms with E-state index in [1.807, 2.05) is 0 Å². The molecular formula is C50H44N2. The summed E-state index contributed by atoms with van der Waals surface area (Å²) in [6.07, 6.45) is 7.10. The zero-order valence-corrected chi connectivity index (χ0v) is 30.1. The lowest BCUT2D eigenvalue weighted by atomic mass is 9.98. The van der Waals surface area contributed by atoms with Crippen molar-refractivity contribution in [3.05, 3.63) is 169 Å². The van der Waals surface area contributed by atoms with Crippen molar-refractivity contribution in [3.8, 4) is 33.6 Å². The smallest absolute Gasteiger partial charge is 0.0641 e. The molecule has 254 valence electrons. The molecule has 52 heavy (non-hydrogen) atoms. The van der Waals surface area contributed by atoms with Gasteiger partial charge in [-0.25, -0.2) is 0 Å². The van der Waals surface area contributed by atoms with Crippen molar-refractivity contribution in [1.29, 1.82) is 0 Å². The molecule has 2 nitrogen and oxygen atoms in total. The summed E-state index contributed by atoms with van der Waals surface area (Å²) in [7, 11) is 0. The molecule has 0 saturated heterocycles. The second kappa shape index (κ2) is 13.7. The molecule has 0 radical (unpaired) electrons. The van der Waals surface area contributed by atoms with E-state index in [0.717, 1.165) is 12.8 Å². The molecule has 0 aliphatic carbocycles. The van der Waals surface area contributed by atoms with E-state index in [0.29, 0.717) is 0 Å². The number of unbranched alkanes of at least 4 members (excludes halogenated alkanes) is 2. The van der Waals surface area contributed by atoms with E-state index in [1.54, 1.807) is 0 Å². The maximum absolute atomic E-state index is 2.53. The highest BCUT2D eigenvalue weighted by molar-refractivity contribution is 6.26. The van der Waals surface area contributed by atoms with E-state index in [-0.39, 0.29) is 0 Å². The van der Waals surface area contributed by atoms with Crippen LogP contribution in [0.3, 0.4) is 0 Å². The maximum Gasteiger partial charge on any atom is 0.0641 e. The monoisotopic (exact) mass is 672 g/mol. The molecule has 0 fully saturated rings. The number of aromatic nitrogens is 2. The largest absolute Gasteiger partial charge is 0.309 e. The molecular weight excluding hydrogens is 629 g/mol. The second-order valence-electron chi connectivity index (χ2n) is 14.2. The summed E-state index contributed by atoms with van der Waals surface area (Å²) >= 11 is 0. The number of nitrogens with zero attached hydrogens (tertiary/aromatic N) is 2. The van der Waals surface area contributed by atoms with E-state index in [1.165, 1.54) is 114 Å². The van der Waals surface area contributed by atoms with Gasteiger partial charge in [0.15, 0.2) is 0 Å². The summed E-state index contributed by atoms with van der Waals surface area (Å²) in [6, 6.07) is 58.9. The molecule has 9 rings (SSSR count). The SMILES string of the molecule is CCCCc1ccc(-c2ccc(-c3ccccc3-n3c4ccccc4c4ccc5c(c6ccccc6n5-c5cccc(CCCC)c5)c43)cc2)cc1. The van der Waals surface area contributed by atoms with Gasteiger partial charge in [0.1, 0.15) is 0 Å². The van der Waals surface area contributed by atoms with Crippen molar-refractivity contribution >= 4 is 43.6 Å². The third-order valence-corrected chi connectivity index (χ3v) is 10.9. The van der Waals surface area contributed by atoms with Crippen LogP contribution in [0.1, 0.15) is 50.7 Å². The van der Waals surface area contributed by atoms with Gasteiger partial charge in [-0.2, -0.15) is 0 Å². The molecule has 0 atom stereocenters. The Kier molecular flexibility index (Phi) is 8.45. The van der Waals surface area contributed by atoms with E-state index >= 15 is 0 Å². The number of rotatable bonds is 10. The molecule has 0 amide bonds. The van der Waals surface area contributed by atoms with Crippen LogP contribution in [0, 0.1) is 0 Å². The summed E-state index contributed by atoms with van der Waals surface area (Å²) in [6.45, 7) is 4.52. The van der Waals surface area contributed by atoms with Crippen molar-refractivity contribution in [2.75, 3.05) is 0 Å². The number of aryl methyl sites for hydroxylation is 2. The van der Waals surface area contributed by atoms with Crippen LogP contribution in [0.4, 0.5) is 0 Å². The van der Waals surface area contributed by atoms with Gasteiger partial charge < -0.3 is 9.13 Å². The standard InChI is InChI=1S/C50H44N2/c1-3-5-14-35-24-26-37(27-25-35)38-28-30-39(31-29-38)41-18-7-10-21-45(41)52-46-22-11-8-19-42(46)43-32-33-48-49(50(43)52)44-20-9-12-23-47(44)51(48)40-17-13-16-36(34-40)15-6-4-2/h7-13,16-34H,3-6,14-15H2,1-2H3. The highest BCUT2D eigenvalue weighted by atomic mass is 15.0. The molecule has 2 heteroatoms. The quantitative estimate of drug-likeness (QED) is 0.137. The van der Waals surface area contributed by atoms with Crippen LogP contribution in [0.2, 0.25) is 0 Å². The van der Waals surface area contributed by atoms with Gasteiger partial charge in [0.05, 0.1) is 27.8 Å². The van der Waals surface area contributed by atoms with E-state index in [2.05, 4.69) is 181 Å². The van der Waals surface area contributed by atoms with Crippen molar-refractivity contribution in [3.63, 3.8) is 0 Å². The fourth-order valence-electron chi connectivity index (χ4n) is 8.27. The van der Waals surface area contributed by atoms with Gasteiger partial charge in [0.2, 0.25) is 0 Å². The molecule has 0 N–H and O–H groups in total. The molecule has 0 spiro atoms. The predicted octanol–water partition coefficient (Wildman–Crippen LogP) is 13.9. The van der Waals surface area contributed by atoms with Gasteiger partial charge in [-0.15, -0.1) is 0 Å². The third-order valence-electron chi connectivity index (χ3n) is 10.9. The van der Waals surface area contributed by atoms with Gasteiger partial charge in [-0.3, -0.25) is 0 Å². The lowest BCUT2D eigenvalue weighted by Gasteiger charge is -2.15. The first-order valence-electron chi connectivity index (χ1n) is 19.1. The van der Waals surface area contributed by atoms with Crippen LogP contribution in [0.25, 0.3) is 77.2 Å². The number of fused-ring (bicyclic) bond motifs is 7. The first kappa shape index (κ1) is 32.1. The minimum absolute atomic E-state index is 1.10. The van der Waals surface area contributed by atoms with Crippen LogP contribution in [-0.2, 0) is 12.8 Å². The number of hydrogen-bond donors (Lipinski definition) is 0. The van der Waals surface area contributed by atoms with Gasteiger partial charge >= 0.3 is 0 Å². The highest BCUT2D eigenvalue weighted by Crippen LogP contribution is 2.43. The fourth-order valence-corrected chi connectivity index (χ4v) is 8.27. The van der Waals surface area contributed by atoms with Gasteiger partial charge in [0.25, 0.3) is 0 Å². The predicted molar refractivity (Wildman–Crippen MR) is 223 cm³/mol. The molecule has 7 aromatic carbocycles. The number of hydrogen-bond acceptors (Lipinski definition) is 0. The number of para-hydroxylation sites is 3. The second-order valence-corrected chi connectivity index (χ2v) is 14.2. The van der Waals surface area contributed by atoms with Crippen molar-refractivity contribution < 1.29 is 0 Å². The van der Waals surface area contributed by atoms with Crippen molar-refractivity contribution in [1.82, 2.24) is 9.13 Å². The first-order chi connectivity index (χ1) is 25.7. The van der Waals surface area contributed by atoms with Crippen LogP contribution in [-0.4, -0.2) is 9.13 Å². The molecule has 0 aliphatic heterocycles. The summed E-state index contributed by atoms with van der Waals surface area (Å²) in [5.74, 6) is 0. The Bertz CT molecular complexity index is 2690. The van der Waals surface area contributed by atoms with Gasteiger partial charge in [-0.05, 0) is 89.9 Å². The summed E-state index contributed by atoms with van der Waals surface area (Å²) < 4.78 is 5.00. The highest BCUT2D eigenvalue weighted by Gasteiger charge is 2.22. The minimum atomic E-state index is 1.10. The fraction of sp³-hybridized carbons (Fsp3) is 0.160. The van der Waals surface area contributed by atoms with Crippen LogP contribution in [0.5, 0.6) is 0 Å². The van der Waals surface area contributed by atoms with E-state index in [4.69, 9.17) is 0 Å². The Balaban J connectivity index is 1.25. The summed E-state index contributed by atoms with van der Waals surface area (Å²) in [4.78, 5) is 0. The van der Waals surface area contributed by atoms with Crippen LogP contribution >= 0.6 is 0 Å². The maximum atomic E-state index is 2.53. The van der Waals surface area contributed by atoms with Gasteiger partial charge in [-0.1, -0.05) is 148 Å². The average molecular weight is 673 g/mol. The lowest BCUT2D eigenvalue weighted by molar-refractivity contribution is 0.794. The molecule has 0 bridgehead atoms. The van der Waals surface area contributed by atoms with E-state index in [9.17, 15) is 0 Å². The zero-order chi connectivity index (χ0) is 35.0. The summed E-state index contributed by atoms with van der Waals surface area (Å²) in [5, 5.41) is 5.10. The molecule has 0 unspecified atom stereocenters. The Hall–Kier alpha value is -5.86. The van der Waals surface area contributed by atoms with Crippen molar-refractivity contribution in [2.45, 2.75) is 52.4 Å². The normalized spacial score (nSPS) is 11.7. The lowest BCUT2D eigenvalue weighted by Crippen LogP contribution is -1.98. The van der Waals surface area contributed by atoms with Gasteiger partial charge in [0, 0.05) is 32.8 Å². The Morgan fingerprint density at radius 2 is 1.04 bits per heavy atom. The minimum Gasteiger partial charge on any atom is -0.309 e. The Morgan fingerprint density at radius 3 is 1.79 bits per heavy atom. The Labute approximate surface area is 306 Å². The molecule has 2 heterocycles. The molecule has 0 aliphatic rings.